The second kappa shape index (κ2) is 5.67. The number of halogens is 1. The molecule has 0 saturated heterocycles. The van der Waals surface area contributed by atoms with Crippen LogP contribution in [-0.4, -0.2) is 21.9 Å². The van der Waals surface area contributed by atoms with Crippen molar-refractivity contribution in [1.82, 2.24) is 9.97 Å². The van der Waals surface area contributed by atoms with Crippen LogP contribution in [-0.2, 0) is 0 Å². The number of aromatic nitrogens is 2. The van der Waals surface area contributed by atoms with Gasteiger partial charge in [-0.15, -0.1) is 11.6 Å². The molecular formula is C13H20ClN3. The van der Waals surface area contributed by atoms with Crippen LogP contribution in [0, 0.1) is 5.92 Å². The maximum absolute atomic E-state index is 5.98. The van der Waals surface area contributed by atoms with Gasteiger partial charge in [0.1, 0.15) is 12.1 Å². The summed E-state index contributed by atoms with van der Waals surface area (Å²) in [5.41, 5.74) is 1.09. The van der Waals surface area contributed by atoms with E-state index in [0.717, 1.165) is 17.4 Å². The smallest absolute Gasteiger partial charge is 0.129 e. The van der Waals surface area contributed by atoms with Crippen molar-refractivity contribution in [2.24, 2.45) is 5.92 Å². The van der Waals surface area contributed by atoms with Gasteiger partial charge >= 0.3 is 0 Å². The van der Waals surface area contributed by atoms with Gasteiger partial charge in [-0.3, -0.25) is 0 Å². The molecule has 0 spiro atoms. The van der Waals surface area contributed by atoms with Crippen molar-refractivity contribution < 1.29 is 0 Å². The minimum absolute atomic E-state index is 0.436. The second-order valence-electron chi connectivity index (χ2n) is 5.08. The molecule has 1 aliphatic rings. The van der Waals surface area contributed by atoms with Crippen LogP contribution < -0.4 is 5.32 Å². The molecule has 1 aromatic rings. The number of hydrogen-bond acceptors (Lipinski definition) is 3. The van der Waals surface area contributed by atoms with E-state index in [-0.39, 0.29) is 0 Å². The largest absolute Gasteiger partial charge is 0.367 e. The van der Waals surface area contributed by atoms with Crippen molar-refractivity contribution >= 4 is 17.4 Å². The predicted molar refractivity (Wildman–Crippen MR) is 71.6 cm³/mol. The van der Waals surface area contributed by atoms with Gasteiger partial charge in [0.05, 0.1) is 0 Å². The summed E-state index contributed by atoms with van der Waals surface area (Å²) in [6, 6.07) is 2.52. The Morgan fingerprint density at radius 3 is 2.94 bits per heavy atom. The molecule has 4 heteroatoms. The van der Waals surface area contributed by atoms with Gasteiger partial charge in [0.2, 0.25) is 0 Å². The Balaban J connectivity index is 2.05. The fraction of sp³-hybridized carbons (Fsp3) is 0.692. The molecule has 1 aromatic heterocycles. The van der Waals surface area contributed by atoms with Crippen molar-refractivity contribution in [2.75, 3.05) is 11.2 Å². The standard InChI is InChI=1S/C13H20ClN3/c1-9(2)12-6-13(16-8-15-12)17-11-5-3-4-10(11)7-14/h6,8-11H,3-5,7H2,1-2H3,(H,15,16,17). The van der Waals surface area contributed by atoms with Crippen molar-refractivity contribution in [2.45, 2.75) is 45.1 Å². The molecule has 1 aliphatic carbocycles. The number of anilines is 1. The van der Waals surface area contributed by atoms with Crippen LogP contribution in [0.25, 0.3) is 0 Å². The molecule has 3 nitrogen and oxygen atoms in total. The van der Waals surface area contributed by atoms with E-state index in [1.807, 2.05) is 6.07 Å². The summed E-state index contributed by atoms with van der Waals surface area (Å²) < 4.78 is 0. The zero-order chi connectivity index (χ0) is 12.3. The fourth-order valence-corrected chi connectivity index (χ4v) is 2.74. The number of rotatable bonds is 4. The van der Waals surface area contributed by atoms with Gasteiger partial charge in [-0.2, -0.15) is 0 Å². The minimum atomic E-state index is 0.436. The minimum Gasteiger partial charge on any atom is -0.367 e. The van der Waals surface area contributed by atoms with E-state index < -0.39 is 0 Å². The summed E-state index contributed by atoms with van der Waals surface area (Å²) in [5, 5.41) is 3.50. The normalized spacial score (nSPS) is 24.2. The van der Waals surface area contributed by atoms with Gasteiger partial charge in [-0.05, 0) is 24.7 Å². The molecule has 2 rings (SSSR count). The Bertz CT molecular complexity index is 367. The van der Waals surface area contributed by atoms with Gasteiger partial charge in [-0.25, -0.2) is 9.97 Å². The van der Waals surface area contributed by atoms with Crippen molar-refractivity contribution in [1.29, 1.82) is 0 Å². The molecule has 1 N–H and O–H groups in total. The average Bonchev–Trinajstić information content (AvgIpc) is 2.76. The Labute approximate surface area is 108 Å². The molecule has 1 fully saturated rings. The molecule has 2 atom stereocenters. The predicted octanol–water partition coefficient (Wildman–Crippen LogP) is 3.42. The van der Waals surface area contributed by atoms with Crippen LogP contribution in [0.2, 0.25) is 0 Å². The monoisotopic (exact) mass is 253 g/mol. The van der Waals surface area contributed by atoms with Crippen LogP contribution >= 0.6 is 11.6 Å². The zero-order valence-electron chi connectivity index (χ0n) is 10.5. The van der Waals surface area contributed by atoms with Crippen molar-refractivity contribution in [3.63, 3.8) is 0 Å². The number of alkyl halides is 1. The maximum Gasteiger partial charge on any atom is 0.129 e. The number of nitrogens with one attached hydrogen (secondary N) is 1. The van der Waals surface area contributed by atoms with E-state index in [2.05, 4.69) is 29.1 Å². The lowest BCUT2D eigenvalue weighted by molar-refractivity contribution is 0.560. The van der Waals surface area contributed by atoms with Gasteiger partial charge < -0.3 is 5.32 Å². The highest BCUT2D eigenvalue weighted by molar-refractivity contribution is 6.18. The Hall–Kier alpha value is -0.830. The SMILES string of the molecule is CC(C)c1cc(NC2CCCC2CCl)ncn1. The molecule has 2 unspecified atom stereocenters. The number of hydrogen-bond donors (Lipinski definition) is 1. The first kappa shape index (κ1) is 12.6. The van der Waals surface area contributed by atoms with Gasteiger partial charge in [-0.1, -0.05) is 20.3 Å². The maximum atomic E-state index is 5.98. The second-order valence-corrected chi connectivity index (χ2v) is 5.39. The Morgan fingerprint density at radius 1 is 1.41 bits per heavy atom. The van der Waals surface area contributed by atoms with Crippen LogP contribution in [0.4, 0.5) is 5.82 Å². The highest BCUT2D eigenvalue weighted by Gasteiger charge is 2.26. The summed E-state index contributed by atoms with van der Waals surface area (Å²) in [6.45, 7) is 4.28. The van der Waals surface area contributed by atoms with Gasteiger partial charge in [0, 0.05) is 23.7 Å². The molecule has 0 aliphatic heterocycles. The highest BCUT2D eigenvalue weighted by Crippen LogP contribution is 2.29. The average molecular weight is 254 g/mol. The molecule has 1 heterocycles. The first-order valence-electron chi connectivity index (χ1n) is 6.35. The third-order valence-corrected chi connectivity index (χ3v) is 3.87. The van der Waals surface area contributed by atoms with Gasteiger partial charge in [0.25, 0.3) is 0 Å². The molecule has 0 radical (unpaired) electrons. The molecule has 0 aromatic carbocycles. The van der Waals surface area contributed by atoms with Crippen LogP contribution in [0.15, 0.2) is 12.4 Å². The Kier molecular flexibility index (Phi) is 4.21. The summed E-state index contributed by atoms with van der Waals surface area (Å²) in [5.74, 6) is 2.69. The summed E-state index contributed by atoms with van der Waals surface area (Å²) in [4.78, 5) is 8.56. The van der Waals surface area contributed by atoms with Crippen LogP contribution in [0.3, 0.4) is 0 Å². The van der Waals surface area contributed by atoms with E-state index in [1.54, 1.807) is 6.33 Å². The molecular weight excluding hydrogens is 234 g/mol. The lowest BCUT2D eigenvalue weighted by Gasteiger charge is -2.19. The fourth-order valence-electron chi connectivity index (χ4n) is 2.37. The van der Waals surface area contributed by atoms with E-state index in [1.165, 1.54) is 19.3 Å². The third-order valence-electron chi connectivity index (χ3n) is 3.47. The van der Waals surface area contributed by atoms with Gasteiger partial charge in [0.15, 0.2) is 0 Å². The first-order valence-corrected chi connectivity index (χ1v) is 6.88. The topological polar surface area (TPSA) is 37.8 Å². The lowest BCUT2D eigenvalue weighted by Crippen LogP contribution is -2.25. The van der Waals surface area contributed by atoms with Crippen LogP contribution in [0.1, 0.15) is 44.7 Å². The van der Waals surface area contributed by atoms with E-state index in [9.17, 15) is 0 Å². The molecule has 1 saturated carbocycles. The molecule has 94 valence electrons. The quantitative estimate of drug-likeness (QED) is 0.836. The Morgan fingerprint density at radius 2 is 2.24 bits per heavy atom. The van der Waals surface area contributed by atoms with Crippen LogP contribution in [0.5, 0.6) is 0 Å². The molecule has 17 heavy (non-hydrogen) atoms. The lowest BCUT2D eigenvalue weighted by atomic mass is 10.1. The van der Waals surface area contributed by atoms with Crippen molar-refractivity contribution in [3.05, 3.63) is 18.1 Å². The third kappa shape index (κ3) is 3.09. The first-order chi connectivity index (χ1) is 8.20. The number of nitrogens with zero attached hydrogens (tertiary/aromatic N) is 2. The summed E-state index contributed by atoms with van der Waals surface area (Å²) >= 11 is 5.98. The zero-order valence-corrected chi connectivity index (χ0v) is 11.2. The van der Waals surface area contributed by atoms with Crippen molar-refractivity contribution in [3.8, 4) is 0 Å². The summed E-state index contributed by atoms with van der Waals surface area (Å²) in [7, 11) is 0. The van der Waals surface area contributed by atoms with E-state index >= 15 is 0 Å². The highest BCUT2D eigenvalue weighted by atomic mass is 35.5. The van der Waals surface area contributed by atoms with E-state index in [0.29, 0.717) is 17.9 Å². The molecule has 0 amide bonds. The molecule has 0 bridgehead atoms. The summed E-state index contributed by atoms with van der Waals surface area (Å²) in [6.07, 6.45) is 5.32. The van der Waals surface area contributed by atoms with E-state index in [4.69, 9.17) is 11.6 Å².